The average molecular weight is 494 g/mol. The van der Waals surface area contributed by atoms with Crippen molar-refractivity contribution in [2.45, 2.75) is 46.6 Å². The molecule has 0 aliphatic heterocycles. The lowest BCUT2D eigenvalue weighted by atomic mass is 10.1. The van der Waals surface area contributed by atoms with Crippen LogP contribution in [0.5, 0.6) is 0 Å². The van der Waals surface area contributed by atoms with Gasteiger partial charge in [0.2, 0.25) is 11.0 Å². The Labute approximate surface area is 199 Å². The number of carbonyl (C=O) groups excluding carboxylic acids is 2. The van der Waals surface area contributed by atoms with Gasteiger partial charge in [0.1, 0.15) is 27.4 Å². The molecule has 0 aliphatic carbocycles. The molecule has 3 heterocycles. The standard InChI is InChI=1S/C21H27N5O5S2/c1-6-13(17(27)23-21-25-24-14(32-21)9-11(2)3)26-10-22-18-15(19(26)28)12(4)16(33-18)20(29)31-8-7-30-5/h10-11,13H,6-9H2,1-5H3,(H,23,25,27). The molecule has 1 amide bonds. The van der Waals surface area contributed by atoms with Crippen LogP contribution in [-0.2, 0) is 20.7 Å². The number of aryl methyl sites for hydroxylation is 1. The quantitative estimate of drug-likeness (QED) is 0.337. The number of nitrogens with zero attached hydrogens (tertiary/aromatic N) is 4. The molecular weight excluding hydrogens is 466 g/mol. The molecule has 178 valence electrons. The lowest BCUT2D eigenvalue weighted by molar-refractivity contribution is -0.119. The van der Waals surface area contributed by atoms with Gasteiger partial charge in [0.15, 0.2) is 0 Å². The largest absolute Gasteiger partial charge is 0.459 e. The van der Waals surface area contributed by atoms with E-state index < -0.39 is 12.0 Å². The van der Waals surface area contributed by atoms with Gasteiger partial charge in [0.05, 0.1) is 18.3 Å². The molecule has 0 radical (unpaired) electrons. The maximum atomic E-state index is 13.3. The third kappa shape index (κ3) is 5.63. The van der Waals surface area contributed by atoms with E-state index in [0.29, 0.717) is 38.1 Å². The van der Waals surface area contributed by atoms with Gasteiger partial charge in [-0.25, -0.2) is 9.78 Å². The van der Waals surface area contributed by atoms with Crippen LogP contribution in [0, 0.1) is 12.8 Å². The van der Waals surface area contributed by atoms with E-state index in [4.69, 9.17) is 9.47 Å². The van der Waals surface area contributed by atoms with E-state index >= 15 is 0 Å². The molecule has 10 nitrogen and oxygen atoms in total. The molecule has 1 N–H and O–H groups in total. The van der Waals surface area contributed by atoms with E-state index in [9.17, 15) is 14.4 Å². The van der Waals surface area contributed by atoms with Crippen LogP contribution in [0.25, 0.3) is 10.2 Å². The molecule has 0 aromatic carbocycles. The molecule has 12 heteroatoms. The van der Waals surface area contributed by atoms with Crippen LogP contribution in [0.3, 0.4) is 0 Å². The highest BCUT2D eigenvalue weighted by Gasteiger charge is 2.25. The number of esters is 1. The zero-order chi connectivity index (χ0) is 24.1. The first-order valence-electron chi connectivity index (χ1n) is 10.6. The van der Waals surface area contributed by atoms with E-state index in [0.717, 1.165) is 22.8 Å². The Hall–Kier alpha value is -2.70. The Bertz CT molecular complexity index is 1200. The Morgan fingerprint density at radius 1 is 1.21 bits per heavy atom. The summed E-state index contributed by atoms with van der Waals surface area (Å²) in [5.41, 5.74) is 0.103. The summed E-state index contributed by atoms with van der Waals surface area (Å²) in [4.78, 5) is 43.7. The van der Waals surface area contributed by atoms with E-state index in [2.05, 4.69) is 34.3 Å². The molecule has 33 heavy (non-hydrogen) atoms. The van der Waals surface area contributed by atoms with E-state index in [1.807, 2.05) is 6.92 Å². The summed E-state index contributed by atoms with van der Waals surface area (Å²) >= 11 is 2.41. The highest BCUT2D eigenvalue weighted by molar-refractivity contribution is 7.20. The van der Waals surface area contributed by atoms with Crippen molar-refractivity contribution in [2.24, 2.45) is 5.92 Å². The number of fused-ring (bicyclic) bond motifs is 1. The fourth-order valence-corrected chi connectivity index (χ4v) is 5.26. The fraction of sp³-hybridized carbons (Fsp3) is 0.524. The van der Waals surface area contributed by atoms with Crippen LogP contribution in [-0.4, -0.2) is 51.9 Å². The van der Waals surface area contributed by atoms with Gasteiger partial charge in [-0.3, -0.25) is 19.5 Å². The van der Waals surface area contributed by atoms with Crippen molar-refractivity contribution in [3.63, 3.8) is 0 Å². The number of thiophene rings is 1. The van der Waals surface area contributed by atoms with Crippen molar-refractivity contribution in [3.8, 4) is 0 Å². The number of aromatic nitrogens is 4. The molecule has 1 atom stereocenters. The molecule has 0 aliphatic rings. The number of rotatable bonds is 10. The number of methoxy groups -OCH3 is 1. The van der Waals surface area contributed by atoms with Gasteiger partial charge >= 0.3 is 5.97 Å². The van der Waals surface area contributed by atoms with Crippen molar-refractivity contribution in [3.05, 3.63) is 32.1 Å². The SMILES string of the molecule is CCC(C(=O)Nc1nnc(CC(C)C)s1)n1cnc2sc(C(=O)OCCOC)c(C)c2c1=O. The molecule has 3 aromatic heterocycles. The van der Waals surface area contributed by atoms with Crippen molar-refractivity contribution in [2.75, 3.05) is 25.6 Å². The molecule has 0 saturated heterocycles. The summed E-state index contributed by atoms with van der Waals surface area (Å²) in [7, 11) is 1.51. The van der Waals surface area contributed by atoms with E-state index in [-0.39, 0.29) is 24.7 Å². The predicted octanol–water partition coefficient (Wildman–Crippen LogP) is 3.21. The van der Waals surface area contributed by atoms with Gasteiger partial charge in [0, 0.05) is 13.5 Å². The summed E-state index contributed by atoms with van der Waals surface area (Å²) in [6.45, 7) is 8.05. The molecule has 3 aromatic rings. The Balaban J connectivity index is 1.86. The molecule has 0 fully saturated rings. The average Bonchev–Trinajstić information content (AvgIpc) is 3.33. The van der Waals surface area contributed by atoms with E-state index in [1.165, 1.54) is 29.3 Å². The van der Waals surface area contributed by atoms with Crippen LogP contribution in [0.15, 0.2) is 11.1 Å². The first kappa shape index (κ1) is 24.9. The van der Waals surface area contributed by atoms with Gasteiger partial charge in [-0.15, -0.1) is 21.5 Å². The van der Waals surface area contributed by atoms with Crippen molar-refractivity contribution < 1.29 is 19.1 Å². The summed E-state index contributed by atoms with van der Waals surface area (Å²) in [6.07, 6.45) is 2.49. The number of hydrogen-bond donors (Lipinski definition) is 1. The van der Waals surface area contributed by atoms with Gasteiger partial charge in [-0.05, 0) is 24.8 Å². The van der Waals surface area contributed by atoms with Gasteiger partial charge < -0.3 is 9.47 Å². The molecule has 0 saturated carbocycles. The lowest BCUT2D eigenvalue weighted by Gasteiger charge is -2.16. The third-order valence-corrected chi connectivity index (χ3v) is 6.93. The first-order chi connectivity index (χ1) is 15.8. The number of amides is 1. The van der Waals surface area contributed by atoms with Gasteiger partial charge in [0.25, 0.3) is 5.56 Å². The summed E-state index contributed by atoms with van der Waals surface area (Å²) in [5, 5.41) is 12.4. The van der Waals surface area contributed by atoms with Gasteiger partial charge in [-0.1, -0.05) is 32.1 Å². The van der Waals surface area contributed by atoms with Crippen molar-refractivity contribution >= 4 is 49.9 Å². The van der Waals surface area contributed by atoms with Crippen LogP contribution in [0.1, 0.15) is 53.5 Å². The number of hydrogen-bond acceptors (Lipinski definition) is 10. The van der Waals surface area contributed by atoms with Crippen LogP contribution >= 0.6 is 22.7 Å². The predicted molar refractivity (Wildman–Crippen MR) is 127 cm³/mol. The lowest BCUT2D eigenvalue weighted by Crippen LogP contribution is -2.33. The fourth-order valence-electron chi connectivity index (χ4n) is 3.27. The van der Waals surface area contributed by atoms with Crippen molar-refractivity contribution in [1.29, 1.82) is 0 Å². The smallest absolute Gasteiger partial charge is 0.348 e. The minimum absolute atomic E-state index is 0.114. The topological polar surface area (TPSA) is 125 Å². The monoisotopic (exact) mass is 493 g/mol. The second-order valence-corrected chi connectivity index (χ2v) is 9.90. The highest BCUT2D eigenvalue weighted by Crippen LogP contribution is 2.28. The number of nitrogens with one attached hydrogen (secondary N) is 1. The normalized spacial score (nSPS) is 12.3. The molecule has 0 spiro atoms. The van der Waals surface area contributed by atoms with Crippen LogP contribution in [0.4, 0.5) is 5.13 Å². The number of carbonyl (C=O) groups is 2. The number of ether oxygens (including phenoxy) is 2. The molecule has 0 bridgehead atoms. The van der Waals surface area contributed by atoms with E-state index in [1.54, 1.807) is 6.92 Å². The number of anilines is 1. The summed E-state index contributed by atoms with van der Waals surface area (Å²) < 4.78 is 11.4. The maximum absolute atomic E-state index is 13.3. The Kier molecular flexibility index (Phi) is 8.27. The highest BCUT2D eigenvalue weighted by atomic mass is 32.1. The summed E-state index contributed by atoms with van der Waals surface area (Å²) in [5.74, 6) is -0.478. The Morgan fingerprint density at radius 3 is 2.64 bits per heavy atom. The summed E-state index contributed by atoms with van der Waals surface area (Å²) in [6, 6.07) is -0.789. The molecular formula is C21H27N5O5S2. The maximum Gasteiger partial charge on any atom is 0.348 e. The first-order valence-corrected chi connectivity index (χ1v) is 12.2. The zero-order valence-electron chi connectivity index (χ0n) is 19.2. The van der Waals surface area contributed by atoms with Crippen LogP contribution < -0.4 is 10.9 Å². The molecule has 3 rings (SSSR count). The van der Waals surface area contributed by atoms with Gasteiger partial charge in [-0.2, -0.15) is 0 Å². The zero-order valence-corrected chi connectivity index (χ0v) is 20.8. The minimum Gasteiger partial charge on any atom is -0.459 e. The van der Waals surface area contributed by atoms with Crippen molar-refractivity contribution in [1.82, 2.24) is 19.7 Å². The van der Waals surface area contributed by atoms with Crippen LogP contribution in [0.2, 0.25) is 0 Å². The second-order valence-electron chi connectivity index (χ2n) is 7.83. The minimum atomic E-state index is -0.789. The molecule has 1 unspecified atom stereocenters. The Morgan fingerprint density at radius 2 is 1.97 bits per heavy atom. The third-order valence-electron chi connectivity index (χ3n) is 4.89. The second kappa shape index (κ2) is 10.9.